The van der Waals surface area contributed by atoms with Gasteiger partial charge < -0.3 is 10.2 Å². The predicted molar refractivity (Wildman–Crippen MR) is 142 cm³/mol. The number of carbonyl (C=O) groups excluding carboxylic acids is 2. The zero-order valence-corrected chi connectivity index (χ0v) is 21.9. The Balaban J connectivity index is 1.78. The van der Waals surface area contributed by atoms with Crippen LogP contribution in [0.15, 0.2) is 54.6 Å². The third-order valence-corrected chi connectivity index (χ3v) is 6.11. The molecule has 186 valence electrons. The van der Waals surface area contributed by atoms with Gasteiger partial charge in [-0.3, -0.25) is 9.59 Å². The van der Waals surface area contributed by atoms with Crippen LogP contribution in [-0.2, 0) is 16.6 Å². The van der Waals surface area contributed by atoms with E-state index >= 15 is 0 Å². The molecule has 35 heavy (non-hydrogen) atoms. The Morgan fingerprint density at radius 2 is 1.71 bits per heavy atom. The minimum absolute atomic E-state index is 0.0310. The lowest BCUT2D eigenvalue weighted by Crippen LogP contribution is -2.38. The summed E-state index contributed by atoms with van der Waals surface area (Å²) in [5.41, 5.74) is 4.48. The van der Waals surface area contributed by atoms with E-state index in [-0.39, 0.29) is 23.8 Å². The first-order chi connectivity index (χ1) is 16.6. The van der Waals surface area contributed by atoms with Gasteiger partial charge in [0.05, 0.1) is 11.4 Å². The summed E-state index contributed by atoms with van der Waals surface area (Å²) >= 11 is 0. The van der Waals surface area contributed by atoms with Crippen LogP contribution in [0.4, 0.5) is 5.82 Å². The third-order valence-electron chi connectivity index (χ3n) is 6.11. The Kier molecular flexibility index (Phi) is 8.49. The van der Waals surface area contributed by atoms with Crippen LogP contribution in [0.2, 0.25) is 0 Å². The molecule has 3 aromatic rings. The Morgan fingerprint density at radius 1 is 1.03 bits per heavy atom. The normalized spacial score (nSPS) is 11.4. The Labute approximate surface area is 209 Å². The molecule has 2 aromatic carbocycles. The number of hydrogen-bond acceptors (Lipinski definition) is 3. The van der Waals surface area contributed by atoms with Crippen LogP contribution >= 0.6 is 0 Å². The van der Waals surface area contributed by atoms with Gasteiger partial charge in [-0.15, -0.1) is 0 Å². The summed E-state index contributed by atoms with van der Waals surface area (Å²) < 4.78 is 1.78. The van der Waals surface area contributed by atoms with Crippen LogP contribution in [0.5, 0.6) is 0 Å². The number of hydrogen-bond donors (Lipinski definition) is 1. The molecule has 0 saturated heterocycles. The van der Waals surface area contributed by atoms with Gasteiger partial charge in [0.2, 0.25) is 5.91 Å². The van der Waals surface area contributed by atoms with Gasteiger partial charge in [-0.25, -0.2) is 4.68 Å². The van der Waals surface area contributed by atoms with Crippen molar-refractivity contribution >= 4 is 17.6 Å². The number of aromatic nitrogens is 2. The molecule has 1 N–H and O–H groups in total. The molecular formula is C29H38N4O2. The number of unbranched alkanes of at least 4 members (excludes halogenated alkanes) is 1. The van der Waals surface area contributed by atoms with Gasteiger partial charge in [0.15, 0.2) is 0 Å². The lowest BCUT2D eigenvalue weighted by Gasteiger charge is -2.21. The summed E-state index contributed by atoms with van der Waals surface area (Å²) in [6.45, 7) is 12.8. The number of likely N-dealkylation sites (N-methyl/N-ethyl adjacent to an activating group) is 1. The Bertz CT molecular complexity index is 1160. The van der Waals surface area contributed by atoms with E-state index in [4.69, 9.17) is 5.10 Å². The van der Waals surface area contributed by atoms with E-state index in [9.17, 15) is 9.59 Å². The summed E-state index contributed by atoms with van der Waals surface area (Å²) in [5.74, 6) is 0.195. The van der Waals surface area contributed by atoms with Gasteiger partial charge in [-0.2, -0.15) is 5.10 Å². The average molecular weight is 475 g/mol. The van der Waals surface area contributed by atoms with Crippen molar-refractivity contribution in [1.82, 2.24) is 14.7 Å². The maximum absolute atomic E-state index is 13.1. The van der Waals surface area contributed by atoms with E-state index in [1.807, 2.05) is 68.4 Å². The van der Waals surface area contributed by atoms with Crippen LogP contribution < -0.4 is 5.32 Å². The van der Waals surface area contributed by atoms with E-state index < -0.39 is 0 Å². The quantitative estimate of drug-likeness (QED) is 0.418. The number of nitrogens with zero attached hydrogens (tertiary/aromatic N) is 3. The van der Waals surface area contributed by atoms with Crippen LogP contribution in [0.1, 0.15) is 74.6 Å². The number of para-hydroxylation sites is 1. The minimum Gasteiger partial charge on any atom is -0.330 e. The molecule has 0 fully saturated rings. The first-order valence-electron chi connectivity index (χ1n) is 12.5. The smallest absolute Gasteiger partial charge is 0.254 e. The molecule has 3 rings (SSSR count). The summed E-state index contributed by atoms with van der Waals surface area (Å²) in [7, 11) is 0. The average Bonchev–Trinajstić information content (AvgIpc) is 3.25. The Morgan fingerprint density at radius 3 is 2.31 bits per heavy atom. The van der Waals surface area contributed by atoms with Gasteiger partial charge >= 0.3 is 0 Å². The highest BCUT2D eigenvalue weighted by molar-refractivity contribution is 5.99. The molecule has 1 heterocycles. The monoisotopic (exact) mass is 474 g/mol. The molecule has 1 aromatic heterocycles. The van der Waals surface area contributed by atoms with Gasteiger partial charge in [0.1, 0.15) is 12.4 Å². The highest BCUT2D eigenvalue weighted by Crippen LogP contribution is 2.27. The summed E-state index contributed by atoms with van der Waals surface area (Å²) in [5, 5.41) is 7.80. The molecule has 0 atom stereocenters. The SMILES string of the molecule is CCCCc1ccc(C(=O)N(CC)CC(=O)Nc2cc(C(C)(C)C)nn2-c2ccccc2C)cc1. The van der Waals surface area contributed by atoms with E-state index in [1.165, 1.54) is 5.56 Å². The van der Waals surface area contributed by atoms with Crippen LogP contribution in [-0.4, -0.2) is 39.6 Å². The van der Waals surface area contributed by atoms with Gasteiger partial charge in [-0.1, -0.05) is 64.4 Å². The fourth-order valence-corrected chi connectivity index (χ4v) is 3.88. The zero-order chi connectivity index (χ0) is 25.6. The lowest BCUT2D eigenvalue weighted by atomic mass is 9.92. The molecule has 0 saturated carbocycles. The second-order valence-electron chi connectivity index (χ2n) is 10.0. The molecule has 6 heteroatoms. The maximum Gasteiger partial charge on any atom is 0.254 e. The first kappa shape index (κ1) is 26.2. The minimum atomic E-state index is -0.255. The summed E-state index contributed by atoms with van der Waals surface area (Å²) in [6, 6.07) is 17.6. The summed E-state index contributed by atoms with van der Waals surface area (Å²) in [6.07, 6.45) is 3.28. The van der Waals surface area contributed by atoms with Crippen molar-refractivity contribution in [1.29, 1.82) is 0 Å². The van der Waals surface area contributed by atoms with Gasteiger partial charge in [0, 0.05) is 23.6 Å². The van der Waals surface area contributed by atoms with Crippen molar-refractivity contribution in [3.05, 3.63) is 77.0 Å². The molecule has 0 aliphatic carbocycles. The highest BCUT2D eigenvalue weighted by atomic mass is 16.2. The Hall–Kier alpha value is -3.41. The molecule has 0 unspecified atom stereocenters. The molecule has 0 bridgehead atoms. The molecule has 0 aliphatic rings. The lowest BCUT2D eigenvalue weighted by molar-refractivity contribution is -0.116. The van der Waals surface area contributed by atoms with Crippen molar-refractivity contribution in [2.24, 2.45) is 0 Å². The first-order valence-corrected chi connectivity index (χ1v) is 12.5. The van der Waals surface area contributed by atoms with Crippen molar-refractivity contribution in [2.75, 3.05) is 18.4 Å². The predicted octanol–water partition coefficient (Wildman–Crippen LogP) is 5.92. The van der Waals surface area contributed by atoms with Crippen LogP contribution in [0.25, 0.3) is 5.69 Å². The van der Waals surface area contributed by atoms with Crippen molar-refractivity contribution in [3.8, 4) is 5.69 Å². The molecule has 6 nitrogen and oxygen atoms in total. The topological polar surface area (TPSA) is 67.2 Å². The van der Waals surface area contributed by atoms with Crippen molar-refractivity contribution in [3.63, 3.8) is 0 Å². The number of aryl methyl sites for hydroxylation is 2. The van der Waals surface area contributed by atoms with Crippen LogP contribution in [0.3, 0.4) is 0 Å². The highest BCUT2D eigenvalue weighted by Gasteiger charge is 2.23. The van der Waals surface area contributed by atoms with E-state index in [0.29, 0.717) is 17.9 Å². The molecular weight excluding hydrogens is 436 g/mol. The number of nitrogens with one attached hydrogen (secondary N) is 1. The van der Waals surface area contributed by atoms with E-state index in [1.54, 1.807) is 9.58 Å². The fourth-order valence-electron chi connectivity index (χ4n) is 3.88. The zero-order valence-electron chi connectivity index (χ0n) is 21.9. The standard InChI is InChI=1S/C29H38N4O2/c1-7-9-13-22-15-17-23(18-16-22)28(35)32(8-2)20-27(34)30-26-19-25(29(4,5)6)31-33(26)24-14-11-10-12-21(24)3/h10-12,14-19H,7-9,13,20H2,1-6H3,(H,30,34). The number of anilines is 1. The molecule has 0 aliphatic heterocycles. The van der Waals surface area contributed by atoms with Crippen molar-refractivity contribution in [2.45, 2.75) is 66.2 Å². The van der Waals surface area contributed by atoms with Crippen LogP contribution in [0, 0.1) is 6.92 Å². The largest absolute Gasteiger partial charge is 0.330 e. The van der Waals surface area contributed by atoms with E-state index in [0.717, 1.165) is 36.2 Å². The number of carbonyl (C=O) groups is 2. The summed E-state index contributed by atoms with van der Waals surface area (Å²) in [4.78, 5) is 27.7. The van der Waals surface area contributed by atoms with Gasteiger partial charge in [-0.05, 0) is 56.0 Å². The fraction of sp³-hybridized carbons (Fsp3) is 0.414. The number of benzene rings is 2. The molecule has 0 spiro atoms. The molecule has 0 radical (unpaired) electrons. The molecule has 2 amide bonds. The van der Waals surface area contributed by atoms with E-state index in [2.05, 4.69) is 33.0 Å². The third kappa shape index (κ3) is 6.59. The number of rotatable bonds is 9. The van der Waals surface area contributed by atoms with Crippen molar-refractivity contribution < 1.29 is 9.59 Å². The van der Waals surface area contributed by atoms with Gasteiger partial charge in [0.25, 0.3) is 5.91 Å². The number of amides is 2. The second-order valence-corrected chi connectivity index (χ2v) is 10.0. The maximum atomic E-state index is 13.1. The second kappa shape index (κ2) is 11.3.